The van der Waals surface area contributed by atoms with Crippen molar-refractivity contribution in [3.63, 3.8) is 0 Å². The number of morpholine rings is 1. The Morgan fingerprint density at radius 3 is 2.94 bits per heavy atom. The van der Waals surface area contributed by atoms with Crippen molar-refractivity contribution in [2.24, 2.45) is 5.73 Å². The molecule has 1 aliphatic heterocycles. The number of nitrogens with two attached hydrogens (primary N) is 1. The maximum atomic E-state index is 11.8. The molecule has 1 rings (SSSR count). The minimum atomic E-state index is -0.939. The Morgan fingerprint density at radius 2 is 2.35 bits per heavy atom. The van der Waals surface area contributed by atoms with Crippen LogP contribution in [0.2, 0.25) is 0 Å². The number of carbonyl (C=O) groups excluding carboxylic acids is 1. The third-order valence-corrected chi connectivity index (χ3v) is 2.52. The van der Waals surface area contributed by atoms with E-state index >= 15 is 0 Å². The van der Waals surface area contributed by atoms with E-state index in [4.69, 9.17) is 20.3 Å². The number of hydrogen-bond acceptors (Lipinski definition) is 5. The second kappa shape index (κ2) is 6.53. The number of aliphatic carboxylic acids is 1. The van der Waals surface area contributed by atoms with Crippen LogP contribution in [0, 0.1) is 0 Å². The van der Waals surface area contributed by atoms with Crippen molar-refractivity contribution in [2.75, 3.05) is 33.4 Å². The SMILES string of the molecule is COCC(N)C(=O)N1CCOC(CC(=O)O)C1. The van der Waals surface area contributed by atoms with Gasteiger partial charge in [0.05, 0.1) is 25.7 Å². The van der Waals surface area contributed by atoms with Crippen molar-refractivity contribution in [3.05, 3.63) is 0 Å². The van der Waals surface area contributed by atoms with E-state index in [0.717, 1.165) is 0 Å². The van der Waals surface area contributed by atoms with Gasteiger partial charge in [0.2, 0.25) is 5.91 Å². The summed E-state index contributed by atoms with van der Waals surface area (Å²) in [6.07, 6.45) is -0.566. The lowest BCUT2D eigenvalue weighted by Gasteiger charge is -2.33. The van der Waals surface area contributed by atoms with E-state index < -0.39 is 18.1 Å². The Hall–Kier alpha value is -1.18. The smallest absolute Gasteiger partial charge is 0.306 e. The molecule has 0 radical (unpaired) electrons. The molecule has 98 valence electrons. The van der Waals surface area contributed by atoms with E-state index in [1.165, 1.54) is 12.0 Å². The molecule has 0 aromatic carbocycles. The Morgan fingerprint density at radius 1 is 1.65 bits per heavy atom. The van der Waals surface area contributed by atoms with Crippen LogP contribution in [0.3, 0.4) is 0 Å². The van der Waals surface area contributed by atoms with E-state index in [-0.39, 0.29) is 25.5 Å². The van der Waals surface area contributed by atoms with Gasteiger partial charge in [-0.15, -0.1) is 0 Å². The van der Waals surface area contributed by atoms with Gasteiger partial charge < -0.3 is 25.2 Å². The first-order chi connectivity index (χ1) is 8.04. The monoisotopic (exact) mass is 246 g/mol. The topological polar surface area (TPSA) is 102 Å². The highest BCUT2D eigenvalue weighted by molar-refractivity contribution is 5.82. The number of carbonyl (C=O) groups is 2. The van der Waals surface area contributed by atoms with Crippen molar-refractivity contribution in [2.45, 2.75) is 18.6 Å². The first-order valence-electron chi connectivity index (χ1n) is 5.41. The fraction of sp³-hybridized carbons (Fsp3) is 0.800. The summed E-state index contributed by atoms with van der Waals surface area (Å²) in [5.41, 5.74) is 5.63. The molecule has 0 aliphatic carbocycles. The zero-order valence-corrected chi connectivity index (χ0v) is 9.80. The van der Waals surface area contributed by atoms with Gasteiger partial charge in [-0.25, -0.2) is 0 Å². The van der Waals surface area contributed by atoms with Crippen molar-refractivity contribution in [1.82, 2.24) is 4.90 Å². The zero-order valence-electron chi connectivity index (χ0n) is 9.80. The first-order valence-corrected chi connectivity index (χ1v) is 5.41. The minimum absolute atomic E-state index is 0.108. The standard InChI is InChI=1S/C10H18N2O5/c1-16-6-8(11)10(15)12-2-3-17-7(5-12)4-9(13)14/h7-8H,2-6,11H2,1H3,(H,13,14). The predicted molar refractivity (Wildman–Crippen MR) is 58.4 cm³/mol. The van der Waals surface area contributed by atoms with Crippen molar-refractivity contribution in [1.29, 1.82) is 0 Å². The van der Waals surface area contributed by atoms with E-state index in [1.54, 1.807) is 0 Å². The Balaban J connectivity index is 2.48. The molecule has 1 saturated heterocycles. The molecule has 0 bridgehead atoms. The number of carboxylic acids is 1. The number of nitrogens with zero attached hydrogens (tertiary/aromatic N) is 1. The highest BCUT2D eigenvalue weighted by atomic mass is 16.5. The maximum absolute atomic E-state index is 11.8. The summed E-state index contributed by atoms with van der Waals surface area (Å²) in [5, 5.41) is 8.66. The van der Waals surface area contributed by atoms with E-state index in [9.17, 15) is 9.59 Å². The summed E-state index contributed by atoms with van der Waals surface area (Å²) < 4.78 is 10.1. The lowest BCUT2D eigenvalue weighted by atomic mass is 10.2. The van der Waals surface area contributed by atoms with Gasteiger partial charge in [0, 0.05) is 20.2 Å². The third kappa shape index (κ3) is 4.29. The van der Waals surface area contributed by atoms with Crippen LogP contribution in [0.5, 0.6) is 0 Å². The lowest BCUT2D eigenvalue weighted by molar-refractivity contribution is -0.148. The highest BCUT2D eigenvalue weighted by Gasteiger charge is 2.28. The molecule has 17 heavy (non-hydrogen) atoms. The largest absolute Gasteiger partial charge is 0.481 e. The number of ether oxygens (including phenoxy) is 2. The summed E-state index contributed by atoms with van der Waals surface area (Å²) in [6.45, 7) is 1.19. The molecule has 0 aromatic heterocycles. The molecule has 1 heterocycles. The van der Waals surface area contributed by atoms with Gasteiger partial charge in [0.1, 0.15) is 6.04 Å². The molecule has 0 aromatic rings. The maximum Gasteiger partial charge on any atom is 0.306 e. The minimum Gasteiger partial charge on any atom is -0.481 e. The lowest BCUT2D eigenvalue weighted by Crippen LogP contribution is -2.52. The number of hydrogen-bond donors (Lipinski definition) is 2. The predicted octanol–water partition coefficient (Wildman–Crippen LogP) is -1.34. The van der Waals surface area contributed by atoms with Crippen LogP contribution in [0.4, 0.5) is 0 Å². The van der Waals surface area contributed by atoms with Crippen molar-refractivity contribution < 1.29 is 24.2 Å². The van der Waals surface area contributed by atoms with E-state index in [2.05, 4.69) is 0 Å². The molecular weight excluding hydrogens is 228 g/mol. The number of carboxylic acid groups (broad SMARTS) is 1. The van der Waals surface area contributed by atoms with Crippen LogP contribution in [-0.2, 0) is 19.1 Å². The second-order valence-corrected chi connectivity index (χ2v) is 3.94. The van der Waals surface area contributed by atoms with Crippen molar-refractivity contribution >= 4 is 11.9 Å². The normalized spacial score (nSPS) is 22.2. The fourth-order valence-electron chi connectivity index (χ4n) is 1.72. The number of amides is 1. The number of rotatable bonds is 5. The average molecular weight is 246 g/mol. The molecule has 2 unspecified atom stereocenters. The van der Waals surface area contributed by atoms with Crippen molar-refractivity contribution in [3.8, 4) is 0 Å². The zero-order chi connectivity index (χ0) is 12.8. The average Bonchev–Trinajstić information content (AvgIpc) is 2.28. The fourth-order valence-corrected chi connectivity index (χ4v) is 1.72. The molecule has 7 heteroatoms. The van der Waals surface area contributed by atoms with Gasteiger partial charge in [-0.1, -0.05) is 0 Å². The molecular formula is C10H18N2O5. The van der Waals surface area contributed by atoms with Gasteiger partial charge in [-0.05, 0) is 0 Å². The van der Waals surface area contributed by atoms with Gasteiger partial charge in [-0.3, -0.25) is 9.59 Å². The van der Waals surface area contributed by atoms with Crippen LogP contribution in [0.25, 0.3) is 0 Å². The van der Waals surface area contributed by atoms with E-state index in [1.807, 2.05) is 0 Å². The molecule has 1 aliphatic rings. The molecule has 2 atom stereocenters. The molecule has 1 fully saturated rings. The highest BCUT2D eigenvalue weighted by Crippen LogP contribution is 2.09. The molecule has 0 saturated carbocycles. The second-order valence-electron chi connectivity index (χ2n) is 3.94. The Bertz CT molecular complexity index is 284. The van der Waals surface area contributed by atoms with Crippen LogP contribution >= 0.6 is 0 Å². The quantitative estimate of drug-likeness (QED) is 0.622. The summed E-state index contributed by atoms with van der Waals surface area (Å²) in [7, 11) is 1.47. The third-order valence-electron chi connectivity index (χ3n) is 2.52. The summed E-state index contributed by atoms with van der Waals surface area (Å²) in [5.74, 6) is -1.17. The van der Waals surface area contributed by atoms with E-state index in [0.29, 0.717) is 13.2 Å². The van der Waals surface area contributed by atoms with Crippen LogP contribution in [0.15, 0.2) is 0 Å². The first kappa shape index (κ1) is 13.9. The molecule has 3 N–H and O–H groups in total. The Kier molecular flexibility index (Phi) is 5.33. The molecule has 1 amide bonds. The van der Waals surface area contributed by atoms with Gasteiger partial charge >= 0.3 is 5.97 Å². The van der Waals surface area contributed by atoms with Crippen LogP contribution < -0.4 is 5.73 Å². The van der Waals surface area contributed by atoms with Crippen LogP contribution in [-0.4, -0.2) is 67.4 Å². The van der Waals surface area contributed by atoms with Gasteiger partial charge in [0.15, 0.2) is 0 Å². The van der Waals surface area contributed by atoms with Crippen LogP contribution in [0.1, 0.15) is 6.42 Å². The molecule has 7 nitrogen and oxygen atoms in total. The number of methoxy groups -OCH3 is 1. The van der Waals surface area contributed by atoms with Gasteiger partial charge in [0.25, 0.3) is 0 Å². The van der Waals surface area contributed by atoms with Gasteiger partial charge in [-0.2, -0.15) is 0 Å². The summed E-state index contributed by atoms with van der Waals surface area (Å²) >= 11 is 0. The summed E-state index contributed by atoms with van der Waals surface area (Å²) in [6, 6.07) is -0.705. The Labute approximate surface area is 99.5 Å². The molecule has 0 spiro atoms. The summed E-state index contributed by atoms with van der Waals surface area (Å²) in [4.78, 5) is 23.9.